The summed E-state index contributed by atoms with van der Waals surface area (Å²) in [6.07, 6.45) is -7.19. The fourth-order valence-electron chi connectivity index (χ4n) is 6.27. The highest BCUT2D eigenvalue weighted by atomic mass is 16.9. The molecule has 2 spiro atoms. The van der Waals surface area contributed by atoms with Crippen molar-refractivity contribution in [1.29, 1.82) is 0 Å². The molecule has 0 aromatic carbocycles. The average molecular weight is 699 g/mol. The van der Waals surface area contributed by atoms with Crippen LogP contribution in [-0.2, 0) is 56.9 Å². The molecule has 0 aliphatic carbocycles. The van der Waals surface area contributed by atoms with E-state index in [1.54, 1.807) is 41.5 Å². The number of rotatable bonds is 1. The minimum Gasteiger partial charge on any atom is -0.391 e. The number of Topliss-reactive ketones (excluding diaryl/α,β-unsaturated/α-hetero) is 1. The number of aliphatic hydroxyl groups is 6. The molecule has 11 atom stereocenters. The molecular formula is C30H50O18. The van der Waals surface area contributed by atoms with Crippen molar-refractivity contribution in [1.82, 2.24) is 0 Å². The Morgan fingerprint density at radius 2 is 1.23 bits per heavy atom. The maximum Gasteiger partial charge on any atom is 0.259 e. The van der Waals surface area contributed by atoms with Gasteiger partial charge in [-0.1, -0.05) is 0 Å². The highest BCUT2D eigenvalue weighted by Gasteiger charge is 2.65. The summed E-state index contributed by atoms with van der Waals surface area (Å²) in [5.74, 6) is -7.92. The number of ketones is 1. The van der Waals surface area contributed by atoms with E-state index in [9.17, 15) is 15.0 Å². The largest absolute Gasteiger partial charge is 0.391 e. The SMILES string of the molecule is CC1(C)OC[C@@H]2O[C@]3(COC(C)(C)O3)C(=O)C2O1.CC1(C)OC[C@@H]2O[C@]3(COC(C)(C)O3)C(O)C2O1.OC[C@@]1(O)OC[C@H](O)C(O)C1O. The lowest BCUT2D eigenvalue weighted by Gasteiger charge is -2.40. The lowest BCUT2D eigenvalue weighted by atomic mass is 9.98. The predicted molar refractivity (Wildman–Crippen MR) is 154 cm³/mol. The maximum atomic E-state index is 12.4. The number of fused-ring (bicyclic) bond motifs is 2. The van der Waals surface area contributed by atoms with Crippen LogP contribution in [0.2, 0.25) is 0 Å². The fraction of sp³-hybridized carbons (Fsp3) is 0.967. The second-order valence-corrected chi connectivity index (χ2v) is 14.6. The van der Waals surface area contributed by atoms with Gasteiger partial charge < -0.3 is 82.7 Å². The third-order valence-electron chi connectivity index (χ3n) is 8.78. The lowest BCUT2D eigenvalue weighted by Crippen LogP contribution is -2.62. The van der Waals surface area contributed by atoms with Gasteiger partial charge in [-0.2, -0.15) is 0 Å². The van der Waals surface area contributed by atoms with Crippen LogP contribution in [0.1, 0.15) is 55.4 Å². The number of carbonyl (C=O) groups is 1. The van der Waals surface area contributed by atoms with E-state index >= 15 is 0 Å². The first-order chi connectivity index (χ1) is 22.0. The number of ether oxygens (including phenoxy) is 11. The van der Waals surface area contributed by atoms with E-state index in [-0.39, 0.29) is 31.7 Å². The summed E-state index contributed by atoms with van der Waals surface area (Å²) in [5.41, 5.74) is 0. The predicted octanol–water partition coefficient (Wildman–Crippen LogP) is -2.26. The topological polar surface area (TPSA) is 240 Å². The number of hydrogen-bond donors (Lipinski definition) is 6. The first-order valence-corrected chi connectivity index (χ1v) is 15.9. The van der Waals surface area contributed by atoms with E-state index in [2.05, 4.69) is 4.74 Å². The molecule has 0 aromatic rings. The Balaban J connectivity index is 0.000000144. The van der Waals surface area contributed by atoms with Crippen LogP contribution in [0.3, 0.4) is 0 Å². The van der Waals surface area contributed by atoms with Crippen LogP contribution < -0.4 is 0 Å². The normalized spacial score (nSPS) is 47.9. The van der Waals surface area contributed by atoms with Crippen molar-refractivity contribution >= 4 is 5.78 Å². The Labute approximate surface area is 277 Å². The van der Waals surface area contributed by atoms with Crippen LogP contribution in [0.15, 0.2) is 0 Å². The summed E-state index contributed by atoms with van der Waals surface area (Å²) in [6, 6.07) is 0. The number of aliphatic hydroxyl groups excluding tert-OH is 5. The van der Waals surface area contributed by atoms with Crippen LogP contribution in [0, 0.1) is 0 Å². The Morgan fingerprint density at radius 3 is 1.79 bits per heavy atom. The summed E-state index contributed by atoms with van der Waals surface area (Å²) < 4.78 is 60.8. The zero-order valence-electron chi connectivity index (χ0n) is 28.4. The van der Waals surface area contributed by atoms with Crippen LogP contribution in [0.5, 0.6) is 0 Å². The van der Waals surface area contributed by atoms with Gasteiger partial charge in [0.15, 0.2) is 29.3 Å². The van der Waals surface area contributed by atoms with Crippen molar-refractivity contribution in [2.75, 3.05) is 39.6 Å². The summed E-state index contributed by atoms with van der Waals surface area (Å²) in [6.45, 7) is 14.1. The minimum absolute atomic E-state index is 0.0929. The lowest BCUT2D eigenvalue weighted by molar-refractivity contribution is -0.331. The minimum atomic E-state index is -2.17. The molecule has 0 aromatic heterocycles. The molecular weight excluding hydrogens is 648 g/mol. The molecule has 0 saturated carbocycles. The van der Waals surface area contributed by atoms with Crippen LogP contribution in [0.25, 0.3) is 0 Å². The molecule has 48 heavy (non-hydrogen) atoms. The number of carbonyl (C=O) groups excluding carboxylic acids is 1. The van der Waals surface area contributed by atoms with E-state index in [1.165, 1.54) is 0 Å². The van der Waals surface area contributed by atoms with Crippen LogP contribution in [-0.4, -0.2) is 165 Å². The molecule has 5 unspecified atom stereocenters. The van der Waals surface area contributed by atoms with Gasteiger partial charge in [0.05, 0.1) is 26.4 Å². The smallest absolute Gasteiger partial charge is 0.259 e. The fourth-order valence-corrected chi connectivity index (χ4v) is 6.27. The van der Waals surface area contributed by atoms with Crippen LogP contribution in [0.4, 0.5) is 0 Å². The summed E-state index contributed by atoms with van der Waals surface area (Å²) in [4.78, 5) is 12.4. The van der Waals surface area contributed by atoms with Gasteiger partial charge in [0, 0.05) is 0 Å². The highest BCUT2D eigenvalue weighted by molar-refractivity contribution is 5.93. The molecule has 0 radical (unpaired) electrons. The van der Waals surface area contributed by atoms with Gasteiger partial charge in [-0.05, 0) is 55.4 Å². The van der Waals surface area contributed by atoms with E-state index in [0.717, 1.165) is 0 Å². The standard InChI is InChI=1S/C12H20O6.C12H18O6.C6H12O6/c2*1-10(2)14-5-7-8(17-10)9(13)12(16-7)6-15-11(3,4)18-12;7-2-6(11)5(10)4(9)3(8)1-12-6/h7-9,13H,5-6H2,1-4H3;7-8H,5-6H2,1-4H3;3-5,7-11H,1-2H2/t7-,8?,9?,12-;7-,8?,12-;3-,4?,5?,6+/m000/s1. The molecule has 278 valence electrons. The highest BCUT2D eigenvalue weighted by Crippen LogP contribution is 2.45. The van der Waals surface area contributed by atoms with Crippen molar-refractivity contribution in [3.05, 3.63) is 0 Å². The van der Waals surface area contributed by atoms with Gasteiger partial charge in [-0.25, -0.2) is 0 Å². The Morgan fingerprint density at radius 1 is 0.646 bits per heavy atom. The molecule has 18 heteroatoms. The van der Waals surface area contributed by atoms with Gasteiger partial charge >= 0.3 is 0 Å². The third kappa shape index (κ3) is 7.47. The molecule has 0 bridgehead atoms. The molecule has 7 heterocycles. The van der Waals surface area contributed by atoms with Gasteiger partial charge in [0.1, 0.15) is 55.9 Å². The molecule has 18 nitrogen and oxygen atoms in total. The molecule has 7 aliphatic heterocycles. The van der Waals surface area contributed by atoms with Crippen molar-refractivity contribution in [3.8, 4) is 0 Å². The molecule has 7 aliphatic rings. The zero-order chi connectivity index (χ0) is 35.7. The van der Waals surface area contributed by atoms with E-state index < -0.39 is 89.8 Å². The molecule has 7 rings (SSSR count). The Hall–Kier alpha value is -1.01. The molecule has 0 amide bonds. The third-order valence-corrected chi connectivity index (χ3v) is 8.78. The van der Waals surface area contributed by atoms with Crippen molar-refractivity contribution in [2.45, 2.75) is 145 Å². The van der Waals surface area contributed by atoms with Gasteiger partial charge in [0.2, 0.25) is 17.4 Å². The molecule has 7 fully saturated rings. The monoisotopic (exact) mass is 698 g/mol. The van der Waals surface area contributed by atoms with Crippen LogP contribution >= 0.6 is 0 Å². The first-order valence-electron chi connectivity index (χ1n) is 15.9. The second kappa shape index (κ2) is 12.9. The maximum absolute atomic E-state index is 12.4. The second-order valence-electron chi connectivity index (χ2n) is 14.6. The quantitative estimate of drug-likeness (QED) is 0.169. The number of hydrogen-bond acceptors (Lipinski definition) is 18. The van der Waals surface area contributed by atoms with E-state index in [4.69, 9.17) is 67.8 Å². The van der Waals surface area contributed by atoms with Crippen molar-refractivity contribution < 1.29 is 87.5 Å². The summed E-state index contributed by atoms with van der Waals surface area (Å²) in [5, 5.41) is 55.4. The van der Waals surface area contributed by atoms with Gasteiger partial charge in [-0.15, -0.1) is 0 Å². The van der Waals surface area contributed by atoms with Gasteiger partial charge in [-0.3, -0.25) is 4.79 Å². The summed E-state index contributed by atoms with van der Waals surface area (Å²) in [7, 11) is 0. The molecule has 7 saturated heterocycles. The van der Waals surface area contributed by atoms with E-state index in [0.29, 0.717) is 13.2 Å². The first kappa shape index (κ1) is 38.2. The Kier molecular flexibility index (Phi) is 10.3. The van der Waals surface area contributed by atoms with Crippen molar-refractivity contribution in [2.24, 2.45) is 0 Å². The van der Waals surface area contributed by atoms with Gasteiger partial charge in [0.25, 0.3) is 5.79 Å². The average Bonchev–Trinajstić information content (AvgIpc) is 3.66. The van der Waals surface area contributed by atoms with E-state index in [1.807, 2.05) is 13.8 Å². The summed E-state index contributed by atoms with van der Waals surface area (Å²) >= 11 is 0. The Bertz CT molecular complexity index is 1170. The van der Waals surface area contributed by atoms with Crippen molar-refractivity contribution in [3.63, 3.8) is 0 Å². The zero-order valence-corrected chi connectivity index (χ0v) is 28.4. The molecule has 6 N–H and O–H groups in total.